The van der Waals surface area contributed by atoms with E-state index >= 15 is 0 Å². The molecule has 2 unspecified atom stereocenters. The van der Waals surface area contributed by atoms with Gasteiger partial charge in [0.05, 0.1) is 30.4 Å². The van der Waals surface area contributed by atoms with Gasteiger partial charge < -0.3 is 20.8 Å². The van der Waals surface area contributed by atoms with E-state index in [9.17, 15) is 9.59 Å². The normalized spacial score (nSPS) is 12.9. The molecule has 3 aromatic rings. The van der Waals surface area contributed by atoms with E-state index in [1.54, 1.807) is 49.6 Å². The average molecular weight is 393 g/mol. The van der Waals surface area contributed by atoms with Gasteiger partial charge >= 0.3 is 5.97 Å². The predicted molar refractivity (Wildman–Crippen MR) is 110 cm³/mol. The molecule has 0 spiro atoms. The van der Waals surface area contributed by atoms with Crippen molar-refractivity contribution in [1.29, 1.82) is 5.41 Å². The van der Waals surface area contributed by atoms with Gasteiger partial charge in [-0.05, 0) is 43.2 Å². The zero-order valence-electron chi connectivity index (χ0n) is 16.2. The lowest BCUT2D eigenvalue weighted by Crippen LogP contribution is -2.42. The molecule has 0 aliphatic heterocycles. The highest BCUT2D eigenvalue weighted by molar-refractivity contribution is 5.97. The number of aromatic nitrogens is 2. The van der Waals surface area contributed by atoms with E-state index in [2.05, 4.69) is 15.3 Å². The molecule has 5 N–H and O–H groups in total. The summed E-state index contributed by atoms with van der Waals surface area (Å²) >= 11 is 0. The Morgan fingerprint density at radius 2 is 2.03 bits per heavy atom. The van der Waals surface area contributed by atoms with Crippen LogP contribution in [0.3, 0.4) is 0 Å². The Hall–Kier alpha value is -3.68. The number of rotatable bonds is 7. The van der Waals surface area contributed by atoms with Crippen molar-refractivity contribution in [2.24, 2.45) is 11.7 Å². The van der Waals surface area contributed by atoms with Crippen molar-refractivity contribution in [1.82, 2.24) is 15.3 Å². The van der Waals surface area contributed by atoms with E-state index in [1.165, 1.54) is 7.11 Å². The number of hydrogen-bond acceptors (Lipinski definition) is 5. The molecule has 29 heavy (non-hydrogen) atoms. The lowest BCUT2D eigenvalue weighted by molar-refractivity contribution is -0.146. The average Bonchev–Trinajstić information content (AvgIpc) is 3.19. The summed E-state index contributed by atoms with van der Waals surface area (Å²) in [6, 6.07) is 11.8. The predicted octanol–water partition coefficient (Wildman–Crippen LogP) is 2.00. The zero-order chi connectivity index (χ0) is 21.0. The number of fused-ring (bicyclic) bond motifs is 1. The Kier molecular flexibility index (Phi) is 5.92. The van der Waals surface area contributed by atoms with Gasteiger partial charge in [0, 0.05) is 17.2 Å². The molecule has 1 heterocycles. The Bertz CT molecular complexity index is 1060. The van der Waals surface area contributed by atoms with Crippen molar-refractivity contribution in [3.05, 3.63) is 65.5 Å². The maximum atomic E-state index is 12.7. The van der Waals surface area contributed by atoms with Crippen molar-refractivity contribution in [2.75, 3.05) is 7.11 Å². The number of nitrogen functional groups attached to an aromatic ring is 1. The fourth-order valence-corrected chi connectivity index (χ4v) is 3.20. The highest BCUT2D eigenvalue weighted by Crippen LogP contribution is 2.17. The van der Waals surface area contributed by atoms with Crippen LogP contribution in [0.25, 0.3) is 11.0 Å². The first-order valence-electron chi connectivity index (χ1n) is 9.14. The molecular weight excluding hydrogens is 370 g/mol. The highest BCUT2D eigenvalue weighted by Gasteiger charge is 2.28. The highest BCUT2D eigenvalue weighted by atomic mass is 16.5. The fraction of sp³-hybridized carbons (Fsp3) is 0.238. The summed E-state index contributed by atoms with van der Waals surface area (Å²) in [6.07, 6.45) is 1.91. The summed E-state index contributed by atoms with van der Waals surface area (Å²) in [5.74, 6) is -1.35. The number of nitrogens with one attached hydrogen (secondary N) is 3. The third kappa shape index (κ3) is 4.60. The van der Waals surface area contributed by atoms with Crippen LogP contribution >= 0.6 is 0 Å². The third-order valence-corrected chi connectivity index (χ3v) is 4.84. The number of amidine groups is 1. The Labute approximate surface area is 168 Å². The zero-order valence-corrected chi connectivity index (χ0v) is 16.2. The molecule has 3 rings (SSSR count). The Morgan fingerprint density at radius 1 is 1.24 bits per heavy atom. The number of nitrogens with zero attached hydrogens (tertiary/aromatic N) is 1. The summed E-state index contributed by atoms with van der Waals surface area (Å²) in [5.41, 5.74) is 8.95. The molecule has 0 fully saturated rings. The van der Waals surface area contributed by atoms with Crippen LogP contribution in [0.15, 0.2) is 48.8 Å². The van der Waals surface area contributed by atoms with Crippen molar-refractivity contribution in [2.45, 2.75) is 19.4 Å². The van der Waals surface area contributed by atoms with Gasteiger partial charge in [0.1, 0.15) is 5.84 Å². The minimum atomic E-state index is -0.595. The number of carbonyl (C=O) groups excluding carboxylic acids is 2. The van der Waals surface area contributed by atoms with Crippen LogP contribution in [0.2, 0.25) is 0 Å². The maximum absolute atomic E-state index is 12.7. The van der Waals surface area contributed by atoms with Crippen LogP contribution in [0.1, 0.15) is 28.4 Å². The number of hydrogen-bond donors (Lipinski definition) is 4. The quantitative estimate of drug-likeness (QED) is 0.277. The van der Waals surface area contributed by atoms with Crippen molar-refractivity contribution in [3.63, 3.8) is 0 Å². The van der Waals surface area contributed by atoms with Crippen molar-refractivity contribution < 1.29 is 14.3 Å². The molecule has 0 radical (unpaired) electrons. The second kappa shape index (κ2) is 8.55. The van der Waals surface area contributed by atoms with E-state index in [1.807, 2.05) is 6.07 Å². The first-order valence-corrected chi connectivity index (χ1v) is 9.14. The molecule has 1 amide bonds. The Balaban J connectivity index is 1.77. The number of amides is 1. The first-order chi connectivity index (χ1) is 13.9. The van der Waals surface area contributed by atoms with Gasteiger partial charge in [-0.2, -0.15) is 0 Å². The molecule has 2 aromatic carbocycles. The number of imidazole rings is 1. The largest absolute Gasteiger partial charge is 0.469 e. The molecule has 0 saturated carbocycles. The second-order valence-electron chi connectivity index (χ2n) is 6.84. The second-order valence-corrected chi connectivity index (χ2v) is 6.84. The summed E-state index contributed by atoms with van der Waals surface area (Å²) < 4.78 is 4.95. The summed E-state index contributed by atoms with van der Waals surface area (Å²) in [4.78, 5) is 32.2. The van der Waals surface area contributed by atoms with Crippen LogP contribution in [-0.4, -0.2) is 40.8 Å². The number of H-pyrrole nitrogens is 1. The Morgan fingerprint density at radius 3 is 2.76 bits per heavy atom. The van der Waals surface area contributed by atoms with Crippen LogP contribution in [0.5, 0.6) is 0 Å². The molecule has 0 saturated heterocycles. The first kappa shape index (κ1) is 20.1. The van der Waals surface area contributed by atoms with Crippen molar-refractivity contribution >= 4 is 28.7 Å². The van der Waals surface area contributed by atoms with E-state index < -0.39 is 17.9 Å². The van der Waals surface area contributed by atoms with Crippen LogP contribution in [0, 0.1) is 11.3 Å². The number of methoxy groups -OCH3 is 1. The number of esters is 1. The van der Waals surface area contributed by atoms with E-state index in [0.29, 0.717) is 17.5 Å². The number of ether oxygens (including phenoxy) is 1. The van der Waals surface area contributed by atoms with E-state index in [0.717, 1.165) is 16.6 Å². The number of benzene rings is 2. The van der Waals surface area contributed by atoms with E-state index in [4.69, 9.17) is 15.9 Å². The van der Waals surface area contributed by atoms with Gasteiger partial charge in [-0.15, -0.1) is 0 Å². The maximum Gasteiger partial charge on any atom is 0.311 e. The third-order valence-electron chi connectivity index (χ3n) is 4.84. The molecule has 2 atom stereocenters. The lowest BCUT2D eigenvalue weighted by Gasteiger charge is -2.23. The fourth-order valence-electron chi connectivity index (χ4n) is 3.20. The lowest BCUT2D eigenvalue weighted by atomic mass is 9.92. The van der Waals surface area contributed by atoms with Crippen LogP contribution < -0.4 is 11.1 Å². The molecule has 0 aliphatic rings. The molecule has 0 bridgehead atoms. The van der Waals surface area contributed by atoms with Gasteiger partial charge in [-0.1, -0.05) is 18.2 Å². The number of nitrogens with two attached hydrogens (primary N) is 1. The minimum absolute atomic E-state index is 0.0444. The molecular formula is C21H23N5O3. The summed E-state index contributed by atoms with van der Waals surface area (Å²) in [6.45, 7) is 1.77. The number of carbonyl (C=O) groups is 2. The topological polar surface area (TPSA) is 134 Å². The standard InChI is InChI=1S/C21H23N5O3/c1-12(26-20(27)15-6-7-17-18(10-15)25-11-24-17)16(21(28)29-2)9-13-4-3-5-14(8-13)19(22)23/h3-8,10-12,16H,9H2,1-2H3,(H3,22,23)(H,24,25)(H,26,27). The molecule has 150 valence electrons. The van der Waals surface area contributed by atoms with Gasteiger partial charge in [-0.3, -0.25) is 15.0 Å². The smallest absolute Gasteiger partial charge is 0.311 e. The van der Waals surface area contributed by atoms with Gasteiger partial charge in [-0.25, -0.2) is 4.98 Å². The van der Waals surface area contributed by atoms with Crippen molar-refractivity contribution in [3.8, 4) is 0 Å². The van der Waals surface area contributed by atoms with Gasteiger partial charge in [0.15, 0.2) is 0 Å². The summed E-state index contributed by atoms with van der Waals surface area (Å²) in [7, 11) is 1.32. The van der Waals surface area contributed by atoms with E-state index in [-0.39, 0.29) is 11.7 Å². The SMILES string of the molecule is COC(=O)C(Cc1cccc(C(=N)N)c1)C(C)NC(=O)c1ccc2nc[nH]c2c1. The number of aromatic amines is 1. The monoisotopic (exact) mass is 393 g/mol. The minimum Gasteiger partial charge on any atom is -0.469 e. The molecule has 0 aliphatic carbocycles. The molecule has 8 heteroatoms. The van der Waals surface area contributed by atoms with Crippen LogP contribution in [-0.2, 0) is 16.0 Å². The van der Waals surface area contributed by atoms with Crippen LogP contribution in [0.4, 0.5) is 0 Å². The van der Waals surface area contributed by atoms with Gasteiger partial charge in [0.2, 0.25) is 0 Å². The van der Waals surface area contributed by atoms with Gasteiger partial charge in [0.25, 0.3) is 5.91 Å². The molecule has 8 nitrogen and oxygen atoms in total. The molecule has 1 aromatic heterocycles. The summed E-state index contributed by atoms with van der Waals surface area (Å²) in [5, 5.41) is 10.5.